The third kappa shape index (κ3) is 5.54. The number of anilines is 1. The first-order valence-electron chi connectivity index (χ1n) is 9.49. The van der Waals surface area contributed by atoms with Gasteiger partial charge in [-0.1, -0.05) is 57.4 Å². The number of unbranched alkanes of at least 4 members (excludes halogenated alkanes) is 3. The fourth-order valence-corrected chi connectivity index (χ4v) is 3.05. The Balaban J connectivity index is 2.26. The van der Waals surface area contributed by atoms with Crippen LogP contribution in [0.15, 0.2) is 42.5 Å². The fraction of sp³-hybridized carbons (Fsp3) is 0.409. The smallest absolute Gasteiger partial charge is 0.411 e. The molecule has 146 valence electrons. The molecule has 0 aliphatic heterocycles. The molecule has 0 saturated heterocycles. The summed E-state index contributed by atoms with van der Waals surface area (Å²) in [6.45, 7) is 4.33. The lowest BCUT2D eigenvalue weighted by molar-refractivity contribution is 0.201. The van der Waals surface area contributed by atoms with E-state index in [-0.39, 0.29) is 18.3 Å². The Hall–Kier alpha value is -2.40. The van der Waals surface area contributed by atoms with E-state index in [9.17, 15) is 19.4 Å². The zero-order chi connectivity index (χ0) is 19.8. The quantitative estimate of drug-likeness (QED) is 0.558. The van der Waals surface area contributed by atoms with Crippen molar-refractivity contribution in [3.8, 4) is 11.1 Å². The van der Waals surface area contributed by atoms with Crippen LogP contribution in [0, 0.1) is 5.82 Å². The third-order valence-electron chi connectivity index (χ3n) is 4.77. The summed E-state index contributed by atoms with van der Waals surface area (Å²) in [6.07, 6.45) is 2.95. The number of rotatable bonds is 9. The number of nitrogens with zero attached hydrogens (tertiary/aromatic N) is 1. The zero-order valence-corrected chi connectivity index (χ0v) is 16.0. The molecule has 2 aromatic carbocycles. The Morgan fingerprint density at radius 1 is 1.15 bits per heavy atom. The molecule has 5 heteroatoms. The first kappa shape index (κ1) is 20.9. The largest absolute Gasteiger partial charge is 0.465 e. The first-order chi connectivity index (χ1) is 13.0. The number of benzene rings is 2. The second-order valence-electron chi connectivity index (χ2n) is 6.87. The molecule has 2 N–H and O–H groups in total. The van der Waals surface area contributed by atoms with Crippen molar-refractivity contribution in [2.45, 2.75) is 45.4 Å². The van der Waals surface area contributed by atoms with Crippen molar-refractivity contribution in [2.24, 2.45) is 0 Å². The minimum atomic E-state index is -1.00. The molecule has 4 nitrogen and oxygen atoms in total. The molecule has 0 heterocycles. The van der Waals surface area contributed by atoms with Gasteiger partial charge in [-0.25, -0.2) is 9.18 Å². The third-order valence-corrected chi connectivity index (χ3v) is 4.77. The van der Waals surface area contributed by atoms with E-state index in [0.29, 0.717) is 23.4 Å². The van der Waals surface area contributed by atoms with E-state index >= 15 is 0 Å². The molecule has 2 rings (SSSR count). The SMILES string of the molecule is CCCCCCN(C(=O)O)c1cccc(-c2ccc(C(C)CO)cc2F)c1. The van der Waals surface area contributed by atoms with Crippen LogP contribution in [0.1, 0.15) is 51.0 Å². The topological polar surface area (TPSA) is 60.8 Å². The molecule has 0 saturated carbocycles. The van der Waals surface area contributed by atoms with Gasteiger partial charge in [0.25, 0.3) is 0 Å². The summed E-state index contributed by atoms with van der Waals surface area (Å²) in [6, 6.07) is 11.9. The maximum absolute atomic E-state index is 14.6. The minimum absolute atomic E-state index is 0.0418. The fourth-order valence-electron chi connectivity index (χ4n) is 3.05. The van der Waals surface area contributed by atoms with Crippen LogP contribution in [0.4, 0.5) is 14.9 Å². The Labute approximate surface area is 160 Å². The molecular formula is C22H28FNO3. The van der Waals surface area contributed by atoms with Gasteiger partial charge in [0.1, 0.15) is 5.82 Å². The molecule has 0 radical (unpaired) electrons. The standard InChI is InChI=1S/C22H28FNO3/c1-3-4-5-6-12-24(22(26)27)19-9-7-8-18(13-19)20-11-10-17(14-21(20)23)16(2)15-25/h7-11,13-14,16,25H,3-6,12,15H2,1-2H3,(H,26,27). The van der Waals surface area contributed by atoms with Gasteiger partial charge in [0.15, 0.2) is 0 Å². The van der Waals surface area contributed by atoms with E-state index in [1.165, 1.54) is 11.0 Å². The van der Waals surface area contributed by atoms with Gasteiger partial charge >= 0.3 is 6.09 Å². The summed E-state index contributed by atoms with van der Waals surface area (Å²) in [4.78, 5) is 13.0. The monoisotopic (exact) mass is 373 g/mol. The lowest BCUT2D eigenvalue weighted by Crippen LogP contribution is -2.30. The van der Waals surface area contributed by atoms with Gasteiger partial charge in [-0.05, 0) is 35.7 Å². The van der Waals surface area contributed by atoms with Gasteiger partial charge in [-0.2, -0.15) is 0 Å². The maximum atomic E-state index is 14.6. The summed E-state index contributed by atoms with van der Waals surface area (Å²) in [5.74, 6) is -0.514. The molecule has 0 aliphatic carbocycles. The summed E-state index contributed by atoms with van der Waals surface area (Å²) in [5.41, 5.74) is 2.33. The van der Waals surface area contributed by atoms with Gasteiger partial charge < -0.3 is 10.2 Å². The van der Waals surface area contributed by atoms with Crippen molar-refractivity contribution in [1.82, 2.24) is 0 Å². The van der Waals surface area contributed by atoms with Gasteiger partial charge in [-0.15, -0.1) is 0 Å². The molecule has 2 aromatic rings. The lowest BCUT2D eigenvalue weighted by Gasteiger charge is -2.20. The predicted octanol–water partition coefficient (Wildman–Crippen LogP) is 5.65. The second kappa shape index (κ2) is 10.1. The number of amides is 1. The average molecular weight is 373 g/mol. The molecule has 0 bridgehead atoms. The molecular weight excluding hydrogens is 345 g/mol. The number of hydrogen-bond acceptors (Lipinski definition) is 2. The molecule has 1 unspecified atom stereocenters. The number of aliphatic hydroxyl groups excluding tert-OH is 1. The second-order valence-corrected chi connectivity index (χ2v) is 6.87. The average Bonchev–Trinajstić information content (AvgIpc) is 2.67. The van der Waals surface area contributed by atoms with Crippen molar-refractivity contribution in [2.75, 3.05) is 18.1 Å². The van der Waals surface area contributed by atoms with Gasteiger partial charge in [0, 0.05) is 30.3 Å². The summed E-state index contributed by atoms with van der Waals surface area (Å²) in [5, 5.41) is 18.8. The molecule has 0 aromatic heterocycles. The number of carboxylic acid groups (broad SMARTS) is 1. The number of carbonyl (C=O) groups is 1. The van der Waals surface area contributed by atoms with E-state index in [0.717, 1.165) is 31.2 Å². The molecule has 27 heavy (non-hydrogen) atoms. The van der Waals surface area contributed by atoms with Crippen molar-refractivity contribution in [3.05, 3.63) is 53.8 Å². The summed E-state index contributed by atoms with van der Waals surface area (Å²) >= 11 is 0. The van der Waals surface area contributed by atoms with Crippen LogP contribution in [0.2, 0.25) is 0 Å². The van der Waals surface area contributed by atoms with Crippen LogP contribution >= 0.6 is 0 Å². The number of halogens is 1. The summed E-state index contributed by atoms with van der Waals surface area (Å²) < 4.78 is 14.6. The van der Waals surface area contributed by atoms with Crippen LogP contribution in [-0.4, -0.2) is 29.5 Å². The Kier molecular flexibility index (Phi) is 7.80. The van der Waals surface area contributed by atoms with Crippen LogP contribution in [-0.2, 0) is 0 Å². The first-order valence-corrected chi connectivity index (χ1v) is 9.49. The number of hydrogen-bond donors (Lipinski definition) is 2. The van der Waals surface area contributed by atoms with Crippen molar-refractivity contribution in [3.63, 3.8) is 0 Å². The van der Waals surface area contributed by atoms with Crippen LogP contribution in [0.3, 0.4) is 0 Å². The van der Waals surface area contributed by atoms with Crippen LogP contribution < -0.4 is 4.90 Å². The molecule has 1 amide bonds. The van der Waals surface area contributed by atoms with Gasteiger partial charge in [0.05, 0.1) is 0 Å². The van der Waals surface area contributed by atoms with E-state index in [4.69, 9.17) is 0 Å². The van der Waals surface area contributed by atoms with E-state index < -0.39 is 6.09 Å². The molecule has 0 spiro atoms. The Bertz CT molecular complexity index is 763. The Morgan fingerprint density at radius 2 is 1.93 bits per heavy atom. The molecule has 1 atom stereocenters. The predicted molar refractivity (Wildman–Crippen MR) is 107 cm³/mol. The van der Waals surface area contributed by atoms with E-state index in [2.05, 4.69) is 6.92 Å². The maximum Gasteiger partial charge on any atom is 0.411 e. The Morgan fingerprint density at radius 3 is 2.56 bits per heavy atom. The lowest BCUT2D eigenvalue weighted by atomic mass is 9.97. The van der Waals surface area contributed by atoms with Crippen molar-refractivity contribution >= 4 is 11.8 Å². The highest BCUT2D eigenvalue weighted by atomic mass is 19.1. The van der Waals surface area contributed by atoms with Gasteiger partial charge in [-0.3, -0.25) is 4.90 Å². The molecule has 0 aliphatic rings. The van der Waals surface area contributed by atoms with Gasteiger partial charge in [0.2, 0.25) is 0 Å². The highest BCUT2D eigenvalue weighted by Crippen LogP contribution is 2.29. The minimum Gasteiger partial charge on any atom is -0.465 e. The van der Waals surface area contributed by atoms with E-state index in [1.54, 1.807) is 36.4 Å². The highest BCUT2D eigenvalue weighted by Gasteiger charge is 2.16. The van der Waals surface area contributed by atoms with Crippen LogP contribution in [0.25, 0.3) is 11.1 Å². The van der Waals surface area contributed by atoms with Crippen LogP contribution in [0.5, 0.6) is 0 Å². The normalized spacial score (nSPS) is 12.0. The summed E-state index contributed by atoms with van der Waals surface area (Å²) in [7, 11) is 0. The zero-order valence-electron chi connectivity index (χ0n) is 16.0. The van der Waals surface area contributed by atoms with Crippen molar-refractivity contribution < 1.29 is 19.4 Å². The van der Waals surface area contributed by atoms with Crippen molar-refractivity contribution in [1.29, 1.82) is 0 Å². The number of aliphatic hydroxyl groups is 1. The highest BCUT2D eigenvalue weighted by molar-refractivity contribution is 5.87. The molecule has 0 fully saturated rings. The van der Waals surface area contributed by atoms with E-state index in [1.807, 2.05) is 6.92 Å².